The van der Waals surface area contributed by atoms with Crippen LogP contribution in [0.15, 0.2) is 53.2 Å². The number of rotatable bonds is 4. The molecule has 4 heterocycles. The molecule has 1 saturated heterocycles. The van der Waals surface area contributed by atoms with Gasteiger partial charge in [-0.2, -0.15) is 0 Å². The average Bonchev–Trinajstić information content (AvgIpc) is 3.59. The zero-order chi connectivity index (χ0) is 26.4. The van der Waals surface area contributed by atoms with Gasteiger partial charge in [-0.3, -0.25) is 9.72 Å². The second kappa shape index (κ2) is 10.5. The molecule has 0 radical (unpaired) electrons. The van der Waals surface area contributed by atoms with Gasteiger partial charge in [-0.05, 0) is 56.0 Å². The molecule has 0 unspecified atom stereocenters. The summed E-state index contributed by atoms with van der Waals surface area (Å²) in [6.45, 7) is 10.6. The molecule has 1 aliphatic rings. The Bertz CT molecular complexity index is 1620. The molecule has 0 aliphatic carbocycles. The van der Waals surface area contributed by atoms with E-state index >= 15 is 0 Å². The first-order chi connectivity index (χ1) is 18.2. The zero-order valence-corrected chi connectivity index (χ0v) is 24.2. The number of nitrogens with zero attached hydrogens (tertiary/aromatic N) is 4. The van der Waals surface area contributed by atoms with Crippen molar-refractivity contribution in [3.8, 4) is 11.3 Å². The third kappa shape index (κ3) is 5.46. The molecule has 6 rings (SSSR count). The number of hydrogen-bond donors (Lipinski definition) is 2. The molecule has 5 aromatic rings. The van der Waals surface area contributed by atoms with Crippen LogP contribution in [-0.4, -0.2) is 33.7 Å². The van der Waals surface area contributed by atoms with Crippen LogP contribution in [0.1, 0.15) is 51.4 Å². The second-order valence-electron chi connectivity index (χ2n) is 11.0. The van der Waals surface area contributed by atoms with Crippen molar-refractivity contribution in [3.63, 3.8) is 0 Å². The van der Waals surface area contributed by atoms with Gasteiger partial charge in [0.15, 0.2) is 10.8 Å². The van der Waals surface area contributed by atoms with Crippen molar-refractivity contribution >= 4 is 62.1 Å². The van der Waals surface area contributed by atoms with Gasteiger partial charge in [0.2, 0.25) is 0 Å². The zero-order valence-electron chi connectivity index (χ0n) is 22.6. The van der Waals surface area contributed by atoms with E-state index < -0.39 is 0 Å². The molecule has 0 bridgehead atoms. The second-order valence-corrected chi connectivity index (χ2v) is 12.0. The predicted octanol–water partition coefficient (Wildman–Crippen LogP) is 7.87. The Morgan fingerprint density at radius 3 is 2.46 bits per heavy atom. The van der Waals surface area contributed by atoms with Gasteiger partial charge < -0.3 is 14.7 Å². The van der Waals surface area contributed by atoms with Gasteiger partial charge in [-0.15, -0.1) is 12.4 Å². The van der Waals surface area contributed by atoms with E-state index in [1.165, 1.54) is 40.7 Å². The van der Waals surface area contributed by atoms with Crippen LogP contribution in [-0.2, 0) is 5.41 Å². The largest absolute Gasteiger partial charge is 0.371 e. The van der Waals surface area contributed by atoms with Crippen molar-refractivity contribution in [2.75, 3.05) is 28.6 Å². The Hall–Kier alpha value is -3.56. The van der Waals surface area contributed by atoms with Gasteiger partial charge in [0.1, 0.15) is 5.76 Å². The highest BCUT2D eigenvalue weighted by Crippen LogP contribution is 2.35. The van der Waals surface area contributed by atoms with Gasteiger partial charge in [0, 0.05) is 47.7 Å². The number of anilines is 3. The Balaban J connectivity index is 0.00000308. The number of carbonyl (C=O) groups is 1. The van der Waals surface area contributed by atoms with Gasteiger partial charge in [0.25, 0.3) is 0 Å². The van der Waals surface area contributed by atoms with Crippen LogP contribution in [0.2, 0.25) is 0 Å². The third-order valence-corrected chi connectivity index (χ3v) is 8.02. The molecule has 39 heavy (non-hydrogen) atoms. The average molecular weight is 565 g/mol. The first kappa shape index (κ1) is 27.0. The number of thiazole rings is 1. The van der Waals surface area contributed by atoms with Crippen LogP contribution in [0.25, 0.3) is 26.4 Å². The first-order valence-corrected chi connectivity index (χ1v) is 13.9. The number of hydrogen-bond acceptors (Lipinski definition) is 6. The molecular weight excluding hydrogens is 532 g/mol. The minimum absolute atomic E-state index is 0. The van der Waals surface area contributed by atoms with Crippen LogP contribution in [0.5, 0.6) is 0 Å². The van der Waals surface area contributed by atoms with Crippen molar-refractivity contribution in [1.29, 1.82) is 0 Å². The minimum Gasteiger partial charge on any atom is -0.371 e. The smallest absolute Gasteiger partial charge is 0.324 e. The molecule has 1 aliphatic heterocycles. The minimum atomic E-state index is -0.375. The molecule has 0 saturated carbocycles. The monoisotopic (exact) mass is 564 g/mol. The molecule has 1 fully saturated rings. The normalized spacial score (nSPS) is 14.0. The van der Waals surface area contributed by atoms with Gasteiger partial charge >= 0.3 is 6.03 Å². The van der Waals surface area contributed by atoms with Crippen molar-refractivity contribution in [1.82, 2.24) is 14.5 Å². The summed E-state index contributed by atoms with van der Waals surface area (Å²) >= 11 is 1.73. The summed E-state index contributed by atoms with van der Waals surface area (Å²) in [5, 5.41) is 9.49. The van der Waals surface area contributed by atoms with Gasteiger partial charge in [0.05, 0.1) is 15.9 Å². The lowest BCUT2D eigenvalue weighted by molar-refractivity contribution is 0.262. The standard InChI is InChI=1S/C29H32N6O2S.ClH/c1-18-14-21(34-12-6-5-7-13-34)15-23-26(18)35-17-22(31-28(35)38-23)19-8-10-20(11-9-19)30-27(36)32-25-16-24(37-33-25)29(2,3)4;/h8-11,14-17H,5-7,12-13H2,1-4H3,(H2,30,32,33,36);1H. The lowest BCUT2D eigenvalue weighted by atomic mass is 9.93. The Labute approximate surface area is 237 Å². The topological polar surface area (TPSA) is 87.7 Å². The maximum absolute atomic E-state index is 12.4. The molecule has 2 amide bonds. The summed E-state index contributed by atoms with van der Waals surface area (Å²) in [6, 6.07) is 13.7. The Morgan fingerprint density at radius 1 is 1.03 bits per heavy atom. The maximum Gasteiger partial charge on any atom is 0.324 e. The molecule has 2 aromatic carbocycles. The summed E-state index contributed by atoms with van der Waals surface area (Å²) < 4.78 is 8.80. The van der Waals surface area contributed by atoms with E-state index in [1.807, 2.05) is 45.0 Å². The number of nitrogens with one attached hydrogen (secondary N) is 2. The molecular formula is C29H33ClN6O2S. The number of piperidine rings is 1. The summed E-state index contributed by atoms with van der Waals surface area (Å²) in [5.41, 5.74) is 6.22. The summed E-state index contributed by atoms with van der Waals surface area (Å²) in [5.74, 6) is 1.09. The number of benzene rings is 2. The molecule has 10 heteroatoms. The van der Waals surface area contributed by atoms with Crippen molar-refractivity contribution in [3.05, 3.63) is 60.0 Å². The number of amides is 2. The fraction of sp³-hybridized carbons (Fsp3) is 0.345. The number of imidazole rings is 1. The number of halogens is 1. The van der Waals surface area contributed by atoms with Crippen LogP contribution < -0.4 is 15.5 Å². The van der Waals surface area contributed by atoms with Gasteiger partial charge in [-0.25, -0.2) is 9.78 Å². The van der Waals surface area contributed by atoms with E-state index in [9.17, 15) is 4.79 Å². The van der Waals surface area contributed by atoms with Crippen molar-refractivity contribution < 1.29 is 9.32 Å². The van der Waals surface area contributed by atoms with Crippen molar-refractivity contribution in [2.24, 2.45) is 0 Å². The van der Waals surface area contributed by atoms with Crippen molar-refractivity contribution in [2.45, 2.75) is 52.4 Å². The van der Waals surface area contributed by atoms with Crippen LogP contribution >= 0.6 is 23.7 Å². The Morgan fingerprint density at radius 2 is 1.77 bits per heavy atom. The molecule has 2 N–H and O–H groups in total. The SMILES string of the molecule is Cc1cc(N2CCCCC2)cc2sc3nc(-c4ccc(NC(=O)Nc5cc(C(C)(C)C)on5)cc4)cn3c12.Cl. The maximum atomic E-state index is 12.4. The van der Waals surface area contributed by atoms with E-state index in [2.05, 4.69) is 50.3 Å². The highest BCUT2D eigenvalue weighted by atomic mass is 35.5. The Kier molecular flexibility index (Phi) is 7.31. The van der Waals surface area contributed by atoms with Gasteiger partial charge in [-0.1, -0.05) is 49.4 Å². The molecule has 0 spiro atoms. The van der Waals surface area contributed by atoms with Crippen LogP contribution in [0.4, 0.5) is 22.0 Å². The van der Waals surface area contributed by atoms with Crippen LogP contribution in [0, 0.1) is 6.92 Å². The molecule has 8 nitrogen and oxygen atoms in total. The highest BCUT2D eigenvalue weighted by molar-refractivity contribution is 7.23. The number of carbonyl (C=O) groups excluding carboxylic acids is 1. The molecule has 3 aromatic heterocycles. The van der Waals surface area contributed by atoms with E-state index in [-0.39, 0.29) is 23.9 Å². The number of aryl methyl sites for hydroxylation is 1. The number of fused-ring (bicyclic) bond motifs is 3. The summed E-state index contributed by atoms with van der Waals surface area (Å²) in [6.07, 6.45) is 5.98. The summed E-state index contributed by atoms with van der Waals surface area (Å²) in [4.78, 5) is 20.9. The molecule has 204 valence electrons. The van der Waals surface area contributed by atoms with Crippen LogP contribution in [0.3, 0.4) is 0 Å². The lowest BCUT2D eigenvalue weighted by Crippen LogP contribution is -2.29. The fourth-order valence-corrected chi connectivity index (χ4v) is 6.09. The third-order valence-electron chi connectivity index (χ3n) is 7.02. The number of aromatic nitrogens is 3. The van der Waals surface area contributed by atoms with E-state index in [1.54, 1.807) is 17.4 Å². The first-order valence-electron chi connectivity index (χ1n) is 13.1. The highest BCUT2D eigenvalue weighted by Gasteiger charge is 2.20. The quantitative estimate of drug-likeness (QED) is 0.232. The summed E-state index contributed by atoms with van der Waals surface area (Å²) in [7, 11) is 0. The fourth-order valence-electron chi connectivity index (χ4n) is 4.97. The van der Waals surface area contributed by atoms with E-state index in [4.69, 9.17) is 9.51 Å². The lowest BCUT2D eigenvalue weighted by Gasteiger charge is -2.29. The molecule has 0 atom stereocenters. The predicted molar refractivity (Wildman–Crippen MR) is 162 cm³/mol. The van der Waals surface area contributed by atoms with E-state index in [0.717, 1.165) is 29.3 Å². The number of urea groups is 1. The van der Waals surface area contributed by atoms with E-state index in [0.29, 0.717) is 17.3 Å².